The highest BCUT2D eigenvalue weighted by Gasteiger charge is 2.26. The van der Waals surface area contributed by atoms with Crippen molar-refractivity contribution in [1.29, 1.82) is 5.26 Å². The van der Waals surface area contributed by atoms with Crippen LogP contribution < -0.4 is 0 Å². The Kier molecular flexibility index (Phi) is 8.03. The van der Waals surface area contributed by atoms with Gasteiger partial charge in [-0.2, -0.15) is 5.26 Å². The number of rotatable bonds is 8. The van der Waals surface area contributed by atoms with Gasteiger partial charge in [0.2, 0.25) is 12.2 Å². The van der Waals surface area contributed by atoms with Crippen LogP contribution in [-0.2, 0) is 0 Å². The number of aliphatic imine (C=N–C) groups is 1. The van der Waals surface area contributed by atoms with E-state index in [4.69, 9.17) is 5.26 Å². The summed E-state index contributed by atoms with van der Waals surface area (Å²) in [5.74, 6) is 0.921. The molecule has 3 fully saturated rings. The number of likely N-dealkylation sites (tertiary alicyclic amines) is 2. The second-order valence-electron chi connectivity index (χ2n) is 8.00. The van der Waals surface area contributed by atoms with E-state index in [0.717, 1.165) is 32.1 Å². The van der Waals surface area contributed by atoms with E-state index in [0.29, 0.717) is 0 Å². The smallest absolute Gasteiger partial charge is 0.212 e. The fraction of sp³-hybridized carbons (Fsp3) is 0.900. The minimum absolute atomic E-state index is 0.921. The molecule has 26 heavy (non-hydrogen) atoms. The van der Waals surface area contributed by atoms with E-state index in [2.05, 4.69) is 24.6 Å². The zero-order valence-corrected chi connectivity index (χ0v) is 16.4. The summed E-state index contributed by atoms with van der Waals surface area (Å²) >= 11 is 0. The van der Waals surface area contributed by atoms with Gasteiger partial charge in [0.15, 0.2) is 0 Å². The number of piperidine rings is 2. The van der Waals surface area contributed by atoms with Crippen molar-refractivity contribution < 1.29 is 0 Å². The lowest BCUT2D eigenvalue weighted by molar-refractivity contribution is 0.219. The highest BCUT2D eigenvalue weighted by atomic mass is 15.4. The Bertz CT molecular complexity index is 439. The highest BCUT2D eigenvalue weighted by molar-refractivity contribution is 5.82. The third-order valence-corrected chi connectivity index (χ3v) is 6.06. The minimum Gasteiger partial charge on any atom is -0.340 e. The monoisotopic (exact) mass is 360 g/mol. The lowest BCUT2D eigenvalue weighted by Crippen LogP contribution is -2.38. The fourth-order valence-electron chi connectivity index (χ4n) is 4.59. The number of hydrogen-bond donors (Lipinski definition) is 0. The molecule has 0 atom stereocenters. The molecule has 0 aromatic rings. The van der Waals surface area contributed by atoms with Crippen LogP contribution >= 0.6 is 0 Å². The molecule has 3 saturated heterocycles. The van der Waals surface area contributed by atoms with Crippen molar-refractivity contribution in [1.82, 2.24) is 19.6 Å². The van der Waals surface area contributed by atoms with Crippen molar-refractivity contribution in [2.75, 3.05) is 65.4 Å². The molecular formula is C20H36N6. The highest BCUT2D eigenvalue weighted by Crippen LogP contribution is 2.14. The second kappa shape index (κ2) is 10.7. The Hall–Kier alpha value is -1.32. The Balaban J connectivity index is 1.38. The van der Waals surface area contributed by atoms with Gasteiger partial charge in [-0.1, -0.05) is 12.8 Å². The van der Waals surface area contributed by atoms with Gasteiger partial charge in [0.25, 0.3) is 0 Å². The Morgan fingerprint density at radius 2 is 1.12 bits per heavy atom. The van der Waals surface area contributed by atoms with Crippen LogP contribution in [0.3, 0.4) is 0 Å². The van der Waals surface area contributed by atoms with Gasteiger partial charge in [0.1, 0.15) is 0 Å². The zero-order chi connectivity index (χ0) is 18.0. The van der Waals surface area contributed by atoms with Gasteiger partial charge in [-0.15, -0.1) is 4.99 Å². The minimum atomic E-state index is 0.921. The second-order valence-corrected chi connectivity index (χ2v) is 8.00. The van der Waals surface area contributed by atoms with Crippen LogP contribution in [-0.4, -0.2) is 91.0 Å². The van der Waals surface area contributed by atoms with Gasteiger partial charge in [0, 0.05) is 26.2 Å². The predicted molar refractivity (Wildman–Crippen MR) is 106 cm³/mol. The molecule has 3 aliphatic heterocycles. The van der Waals surface area contributed by atoms with Gasteiger partial charge in [-0.3, -0.25) is 0 Å². The number of nitrogens with zero attached hydrogens (tertiary/aromatic N) is 6. The summed E-state index contributed by atoms with van der Waals surface area (Å²) in [4.78, 5) is 14.0. The summed E-state index contributed by atoms with van der Waals surface area (Å²) in [7, 11) is 0. The zero-order valence-electron chi connectivity index (χ0n) is 16.4. The maximum Gasteiger partial charge on any atom is 0.212 e. The first-order valence-corrected chi connectivity index (χ1v) is 10.8. The first kappa shape index (κ1) is 19.4. The maximum atomic E-state index is 9.11. The molecule has 0 bridgehead atoms. The Morgan fingerprint density at radius 3 is 1.54 bits per heavy atom. The van der Waals surface area contributed by atoms with Gasteiger partial charge in [-0.05, 0) is 77.8 Å². The molecule has 3 heterocycles. The molecule has 3 rings (SSSR count). The van der Waals surface area contributed by atoms with Gasteiger partial charge < -0.3 is 19.6 Å². The van der Waals surface area contributed by atoms with E-state index in [1.165, 1.54) is 90.6 Å². The average Bonchev–Trinajstić information content (AvgIpc) is 3.06. The molecule has 0 aromatic heterocycles. The largest absolute Gasteiger partial charge is 0.340 e. The number of hydrogen-bond acceptors (Lipinski definition) is 4. The standard InChI is InChI=1S/C20H36N6/c21-19-22-20-25(15-7-13-23-9-3-1-4-10-23)17-18-26(20)16-8-14-24-11-5-2-6-12-24/h1-18H2. The molecule has 6 heteroatoms. The van der Waals surface area contributed by atoms with Crippen molar-refractivity contribution in [2.24, 2.45) is 4.99 Å². The van der Waals surface area contributed by atoms with E-state index >= 15 is 0 Å². The van der Waals surface area contributed by atoms with Crippen molar-refractivity contribution in [3.8, 4) is 6.19 Å². The van der Waals surface area contributed by atoms with Crippen molar-refractivity contribution in [3.63, 3.8) is 0 Å². The lowest BCUT2D eigenvalue weighted by atomic mass is 10.1. The third kappa shape index (κ3) is 5.85. The molecule has 3 aliphatic rings. The van der Waals surface area contributed by atoms with E-state index < -0.39 is 0 Å². The summed E-state index contributed by atoms with van der Waals surface area (Å²) < 4.78 is 0. The van der Waals surface area contributed by atoms with Gasteiger partial charge in [0.05, 0.1) is 0 Å². The van der Waals surface area contributed by atoms with Crippen LogP contribution in [0.1, 0.15) is 51.4 Å². The van der Waals surface area contributed by atoms with Crippen LogP contribution in [0.5, 0.6) is 0 Å². The summed E-state index contributed by atoms with van der Waals surface area (Å²) in [6, 6.07) is 0. The van der Waals surface area contributed by atoms with E-state index in [1.807, 2.05) is 6.19 Å². The van der Waals surface area contributed by atoms with Crippen LogP contribution in [0.25, 0.3) is 0 Å². The average molecular weight is 361 g/mol. The van der Waals surface area contributed by atoms with Crippen LogP contribution in [0.15, 0.2) is 4.99 Å². The van der Waals surface area contributed by atoms with Crippen molar-refractivity contribution in [2.45, 2.75) is 51.4 Å². The molecule has 146 valence electrons. The van der Waals surface area contributed by atoms with E-state index in [-0.39, 0.29) is 0 Å². The number of nitriles is 1. The predicted octanol–water partition coefficient (Wildman–Crippen LogP) is 2.19. The topological polar surface area (TPSA) is 49.1 Å². The molecule has 0 saturated carbocycles. The maximum absolute atomic E-state index is 9.11. The van der Waals surface area contributed by atoms with Crippen LogP contribution in [0, 0.1) is 11.5 Å². The fourth-order valence-corrected chi connectivity index (χ4v) is 4.59. The van der Waals surface area contributed by atoms with Crippen molar-refractivity contribution in [3.05, 3.63) is 0 Å². The lowest BCUT2D eigenvalue weighted by Gasteiger charge is -2.28. The summed E-state index contributed by atoms with van der Waals surface area (Å²) in [6.07, 6.45) is 12.6. The van der Waals surface area contributed by atoms with E-state index in [9.17, 15) is 0 Å². The molecule has 0 unspecified atom stereocenters. The van der Waals surface area contributed by atoms with Gasteiger partial charge >= 0.3 is 0 Å². The molecule has 0 aromatic carbocycles. The molecule has 6 nitrogen and oxygen atoms in total. The normalized spacial score (nSPS) is 22.7. The van der Waals surface area contributed by atoms with Crippen molar-refractivity contribution >= 4 is 5.96 Å². The first-order valence-electron chi connectivity index (χ1n) is 10.8. The van der Waals surface area contributed by atoms with Crippen LogP contribution in [0.4, 0.5) is 0 Å². The van der Waals surface area contributed by atoms with E-state index in [1.54, 1.807) is 0 Å². The first-order chi connectivity index (χ1) is 12.9. The molecule has 0 N–H and O–H groups in total. The van der Waals surface area contributed by atoms with Gasteiger partial charge in [-0.25, -0.2) is 0 Å². The third-order valence-electron chi connectivity index (χ3n) is 6.06. The molecule has 0 radical (unpaired) electrons. The van der Waals surface area contributed by atoms with Crippen LogP contribution in [0.2, 0.25) is 0 Å². The summed E-state index contributed by atoms with van der Waals surface area (Å²) in [6.45, 7) is 11.5. The Labute approximate surface area is 159 Å². The summed E-state index contributed by atoms with van der Waals surface area (Å²) in [5, 5.41) is 9.11. The summed E-state index contributed by atoms with van der Waals surface area (Å²) in [5.41, 5.74) is 0. The SMILES string of the molecule is N#CN=C1N(CCCN2CCCCC2)CCN1CCCN1CCCCC1. The quantitative estimate of drug-likeness (QED) is 0.621. The molecule has 0 aliphatic carbocycles. The number of guanidine groups is 1. The molecule has 0 amide bonds. The Morgan fingerprint density at radius 1 is 0.654 bits per heavy atom. The molecular weight excluding hydrogens is 324 g/mol. The molecule has 0 spiro atoms.